The van der Waals surface area contributed by atoms with Crippen molar-refractivity contribution in [1.82, 2.24) is 15.5 Å². The Morgan fingerprint density at radius 2 is 1.75 bits per heavy atom. The molecule has 0 saturated carbocycles. The summed E-state index contributed by atoms with van der Waals surface area (Å²) in [5.74, 6) is -1.47. The molecule has 2 aromatic carbocycles. The van der Waals surface area contributed by atoms with Crippen molar-refractivity contribution in [3.8, 4) is 0 Å². The summed E-state index contributed by atoms with van der Waals surface area (Å²) in [4.78, 5) is 50.5. The molecule has 142 valence electrons. The van der Waals surface area contributed by atoms with Gasteiger partial charge in [0.05, 0.1) is 6.04 Å². The fourth-order valence-corrected chi connectivity index (χ4v) is 3.74. The van der Waals surface area contributed by atoms with E-state index >= 15 is 0 Å². The number of amides is 4. The molecule has 7 nitrogen and oxygen atoms in total. The Kier molecular flexibility index (Phi) is 4.75. The van der Waals surface area contributed by atoms with Gasteiger partial charge in [-0.3, -0.25) is 34.7 Å². The number of benzene rings is 2. The van der Waals surface area contributed by atoms with Gasteiger partial charge in [-0.05, 0) is 35.7 Å². The highest BCUT2D eigenvalue weighted by Gasteiger charge is 2.36. The van der Waals surface area contributed by atoms with E-state index in [0.717, 1.165) is 11.1 Å². The molecular weight excluding hydrogens is 358 g/mol. The largest absolute Gasteiger partial charge is 0.295 e. The number of piperidine rings is 1. The van der Waals surface area contributed by atoms with Crippen molar-refractivity contribution in [3.05, 3.63) is 70.8 Å². The normalized spacial score (nSPS) is 19.1. The maximum atomic E-state index is 12.7. The van der Waals surface area contributed by atoms with Crippen LogP contribution in [0.3, 0.4) is 0 Å². The smallest absolute Gasteiger partial charge is 0.258 e. The molecule has 0 radical (unpaired) electrons. The molecule has 2 heterocycles. The standard InChI is InChI=1S/C21H19N3O4/c25-18-10-9-17(21(28)22-18)24-11-14-7-4-8-15(16(14)12-24)20(27)23-19(26)13-5-2-1-3-6-13/h1-8,17H,9-12H2,(H,22,25,28)(H,23,26,27). The van der Waals surface area contributed by atoms with Crippen molar-refractivity contribution in [1.29, 1.82) is 0 Å². The van der Waals surface area contributed by atoms with Crippen LogP contribution >= 0.6 is 0 Å². The maximum absolute atomic E-state index is 12.7. The molecule has 0 spiro atoms. The van der Waals surface area contributed by atoms with Gasteiger partial charge in [-0.25, -0.2) is 0 Å². The van der Waals surface area contributed by atoms with Crippen LogP contribution in [-0.4, -0.2) is 34.6 Å². The molecular formula is C21H19N3O4. The summed E-state index contributed by atoms with van der Waals surface area (Å²) in [6.07, 6.45) is 0.773. The molecule has 2 aliphatic heterocycles. The Hall–Kier alpha value is -3.32. The summed E-state index contributed by atoms with van der Waals surface area (Å²) in [6.45, 7) is 0.945. The fourth-order valence-electron chi connectivity index (χ4n) is 3.74. The zero-order chi connectivity index (χ0) is 19.7. The number of hydrogen-bond acceptors (Lipinski definition) is 5. The van der Waals surface area contributed by atoms with E-state index in [1.54, 1.807) is 42.5 Å². The molecule has 1 fully saturated rings. The Morgan fingerprint density at radius 3 is 2.50 bits per heavy atom. The van der Waals surface area contributed by atoms with Crippen LogP contribution in [0.15, 0.2) is 48.5 Å². The zero-order valence-corrected chi connectivity index (χ0v) is 15.1. The summed E-state index contributed by atoms with van der Waals surface area (Å²) in [5.41, 5.74) is 2.60. The lowest BCUT2D eigenvalue weighted by Gasteiger charge is -2.29. The lowest BCUT2D eigenvalue weighted by molar-refractivity contribution is -0.137. The second-order valence-electron chi connectivity index (χ2n) is 6.96. The van der Waals surface area contributed by atoms with Crippen molar-refractivity contribution >= 4 is 23.6 Å². The van der Waals surface area contributed by atoms with Crippen molar-refractivity contribution in [3.63, 3.8) is 0 Å². The quantitative estimate of drug-likeness (QED) is 0.788. The van der Waals surface area contributed by atoms with Gasteiger partial charge in [-0.15, -0.1) is 0 Å². The lowest BCUT2D eigenvalue weighted by Crippen LogP contribution is -2.50. The summed E-state index contributed by atoms with van der Waals surface area (Å²) in [7, 11) is 0. The topological polar surface area (TPSA) is 95.6 Å². The van der Waals surface area contributed by atoms with Crippen LogP contribution in [0.5, 0.6) is 0 Å². The molecule has 28 heavy (non-hydrogen) atoms. The van der Waals surface area contributed by atoms with E-state index < -0.39 is 17.9 Å². The van der Waals surface area contributed by atoms with E-state index in [0.29, 0.717) is 37.1 Å². The van der Waals surface area contributed by atoms with E-state index in [4.69, 9.17) is 0 Å². The SMILES string of the molecule is O=C1CCC(N2Cc3cccc(C(=O)NC(=O)c4ccccc4)c3C2)C(=O)N1. The number of imide groups is 2. The predicted octanol–water partition coefficient (Wildman–Crippen LogP) is 1.38. The minimum absolute atomic E-state index is 0.252. The third-order valence-electron chi connectivity index (χ3n) is 5.17. The molecule has 2 aliphatic rings. The van der Waals surface area contributed by atoms with Crippen LogP contribution in [0, 0.1) is 0 Å². The molecule has 1 saturated heterocycles. The average molecular weight is 377 g/mol. The van der Waals surface area contributed by atoms with E-state index in [-0.39, 0.29) is 11.8 Å². The maximum Gasteiger partial charge on any atom is 0.258 e. The van der Waals surface area contributed by atoms with E-state index in [2.05, 4.69) is 10.6 Å². The first-order valence-corrected chi connectivity index (χ1v) is 9.12. The van der Waals surface area contributed by atoms with Gasteiger partial charge in [0.2, 0.25) is 11.8 Å². The first-order valence-electron chi connectivity index (χ1n) is 9.12. The van der Waals surface area contributed by atoms with Gasteiger partial charge >= 0.3 is 0 Å². The number of carbonyl (C=O) groups is 4. The lowest BCUT2D eigenvalue weighted by atomic mass is 10.0. The summed E-state index contributed by atoms with van der Waals surface area (Å²) in [6, 6.07) is 13.5. The second-order valence-corrected chi connectivity index (χ2v) is 6.96. The molecule has 4 rings (SSSR count). The Balaban J connectivity index is 1.51. The molecule has 2 N–H and O–H groups in total. The first-order chi connectivity index (χ1) is 13.5. The third-order valence-corrected chi connectivity index (χ3v) is 5.17. The number of fused-ring (bicyclic) bond motifs is 1. The summed E-state index contributed by atoms with van der Waals surface area (Å²) < 4.78 is 0. The van der Waals surface area contributed by atoms with Crippen molar-refractivity contribution in [2.75, 3.05) is 0 Å². The van der Waals surface area contributed by atoms with Gasteiger partial charge in [0.15, 0.2) is 0 Å². The van der Waals surface area contributed by atoms with Crippen LogP contribution in [0.25, 0.3) is 0 Å². The molecule has 2 aromatic rings. The fraction of sp³-hybridized carbons (Fsp3) is 0.238. The minimum atomic E-state index is -0.462. The van der Waals surface area contributed by atoms with Crippen molar-refractivity contribution < 1.29 is 19.2 Å². The Morgan fingerprint density at radius 1 is 0.964 bits per heavy atom. The molecule has 4 amide bonds. The number of hydrogen-bond donors (Lipinski definition) is 2. The van der Waals surface area contributed by atoms with Crippen LogP contribution in [-0.2, 0) is 22.7 Å². The van der Waals surface area contributed by atoms with Crippen LogP contribution in [0.4, 0.5) is 0 Å². The number of nitrogens with zero attached hydrogens (tertiary/aromatic N) is 1. The predicted molar refractivity (Wildman–Crippen MR) is 100 cm³/mol. The molecule has 0 bridgehead atoms. The van der Waals surface area contributed by atoms with Gasteiger partial charge in [0.1, 0.15) is 0 Å². The molecule has 1 atom stereocenters. The van der Waals surface area contributed by atoms with Crippen molar-refractivity contribution in [2.24, 2.45) is 0 Å². The van der Waals surface area contributed by atoms with Gasteiger partial charge in [0, 0.05) is 30.6 Å². The summed E-state index contributed by atoms with van der Waals surface area (Å²) in [5, 5.41) is 4.80. The first kappa shape index (κ1) is 18.1. The number of nitrogens with one attached hydrogen (secondary N) is 2. The Bertz CT molecular complexity index is 971. The Labute approximate surface area is 161 Å². The van der Waals surface area contributed by atoms with Gasteiger partial charge in [0.25, 0.3) is 11.8 Å². The molecule has 0 aliphatic carbocycles. The molecule has 1 unspecified atom stereocenters. The zero-order valence-electron chi connectivity index (χ0n) is 15.1. The highest BCUT2D eigenvalue weighted by atomic mass is 16.2. The minimum Gasteiger partial charge on any atom is -0.295 e. The second kappa shape index (κ2) is 7.36. The van der Waals surface area contributed by atoms with Gasteiger partial charge < -0.3 is 0 Å². The van der Waals surface area contributed by atoms with Crippen molar-refractivity contribution in [2.45, 2.75) is 32.0 Å². The van der Waals surface area contributed by atoms with E-state index in [9.17, 15) is 19.2 Å². The number of rotatable bonds is 3. The summed E-state index contributed by atoms with van der Waals surface area (Å²) >= 11 is 0. The average Bonchev–Trinajstić information content (AvgIpc) is 3.12. The highest BCUT2D eigenvalue weighted by Crippen LogP contribution is 2.29. The third kappa shape index (κ3) is 3.44. The monoisotopic (exact) mass is 377 g/mol. The molecule has 7 heteroatoms. The highest BCUT2D eigenvalue weighted by molar-refractivity contribution is 6.11. The van der Waals surface area contributed by atoms with Crippen LogP contribution in [0.1, 0.15) is 44.7 Å². The van der Waals surface area contributed by atoms with Gasteiger partial charge in [-0.1, -0.05) is 30.3 Å². The number of carbonyl (C=O) groups excluding carboxylic acids is 4. The van der Waals surface area contributed by atoms with Crippen LogP contribution < -0.4 is 10.6 Å². The van der Waals surface area contributed by atoms with Crippen LogP contribution in [0.2, 0.25) is 0 Å². The van der Waals surface area contributed by atoms with E-state index in [1.165, 1.54) is 0 Å². The van der Waals surface area contributed by atoms with E-state index in [1.807, 2.05) is 11.0 Å². The molecule has 0 aromatic heterocycles. The van der Waals surface area contributed by atoms with Gasteiger partial charge in [-0.2, -0.15) is 0 Å².